The van der Waals surface area contributed by atoms with E-state index in [1.807, 2.05) is 26.0 Å². The molecule has 1 aliphatic carbocycles. The highest BCUT2D eigenvalue weighted by molar-refractivity contribution is 9.10. The van der Waals surface area contributed by atoms with Crippen LogP contribution in [0.5, 0.6) is 0 Å². The second kappa shape index (κ2) is 8.31. The molecule has 182 valence electrons. The lowest BCUT2D eigenvalue weighted by atomic mass is 9.81. The fraction of sp³-hybridized carbons (Fsp3) is 0.259. The largest absolute Gasteiger partial charge is 0.374 e. The van der Waals surface area contributed by atoms with Crippen molar-refractivity contribution in [1.29, 1.82) is 0 Å². The Labute approximate surface area is 214 Å². The highest BCUT2D eigenvalue weighted by Gasteiger charge is 2.42. The van der Waals surface area contributed by atoms with Crippen molar-refractivity contribution in [2.75, 3.05) is 0 Å². The number of H-pyrrole nitrogens is 1. The zero-order valence-corrected chi connectivity index (χ0v) is 21.5. The minimum Gasteiger partial charge on any atom is -0.374 e. The van der Waals surface area contributed by atoms with Crippen molar-refractivity contribution in [3.05, 3.63) is 92.8 Å². The average Bonchev–Trinajstić information content (AvgIpc) is 3.54. The van der Waals surface area contributed by atoms with E-state index in [0.29, 0.717) is 27.4 Å². The van der Waals surface area contributed by atoms with Crippen LogP contribution in [0.2, 0.25) is 0 Å². The molecule has 36 heavy (non-hydrogen) atoms. The van der Waals surface area contributed by atoms with E-state index in [4.69, 9.17) is 9.51 Å². The molecule has 1 saturated carbocycles. The molecular weight excluding hydrogens is 525 g/mol. The van der Waals surface area contributed by atoms with Crippen LogP contribution in [0.1, 0.15) is 58.6 Å². The minimum atomic E-state index is -1.97. The predicted octanol–water partition coefficient (Wildman–Crippen LogP) is 6.00. The van der Waals surface area contributed by atoms with Crippen molar-refractivity contribution < 1.29 is 14.0 Å². The van der Waals surface area contributed by atoms with Crippen LogP contribution in [-0.2, 0) is 5.60 Å². The number of hydrogen-bond acceptors (Lipinski definition) is 6. The number of rotatable bonds is 5. The van der Waals surface area contributed by atoms with Crippen molar-refractivity contribution in [3.63, 3.8) is 0 Å². The van der Waals surface area contributed by atoms with Gasteiger partial charge in [0.05, 0.1) is 28.1 Å². The molecule has 5 aromatic rings. The first-order chi connectivity index (χ1) is 17.3. The number of fused-ring (bicyclic) bond motifs is 1. The van der Waals surface area contributed by atoms with Crippen molar-refractivity contribution in [3.8, 4) is 11.1 Å². The molecule has 4 heterocycles. The number of nitrogens with one attached hydrogen (secondary N) is 1. The van der Waals surface area contributed by atoms with Crippen LogP contribution in [0, 0.1) is 26.6 Å². The quantitative estimate of drug-likeness (QED) is 0.262. The molecule has 1 fully saturated rings. The van der Waals surface area contributed by atoms with E-state index in [1.54, 1.807) is 31.3 Å². The number of imidazole rings is 1. The molecule has 0 spiro atoms. The molecule has 1 unspecified atom stereocenters. The normalized spacial score (nSPS) is 15.4. The third kappa shape index (κ3) is 3.57. The maximum atomic E-state index is 15.8. The predicted molar refractivity (Wildman–Crippen MR) is 136 cm³/mol. The third-order valence-electron chi connectivity index (χ3n) is 6.80. The molecule has 4 aromatic heterocycles. The molecule has 1 atom stereocenters. The molecular formula is C27H23BrFN5O2. The summed E-state index contributed by atoms with van der Waals surface area (Å²) in [6, 6.07) is 10.5. The van der Waals surface area contributed by atoms with Gasteiger partial charge in [-0.1, -0.05) is 11.2 Å². The van der Waals surface area contributed by atoms with Crippen molar-refractivity contribution in [1.82, 2.24) is 25.1 Å². The first-order valence-corrected chi connectivity index (χ1v) is 12.5. The third-order valence-corrected chi connectivity index (χ3v) is 7.20. The van der Waals surface area contributed by atoms with E-state index >= 15 is 4.39 Å². The molecule has 1 aliphatic rings. The molecule has 0 aliphatic heterocycles. The van der Waals surface area contributed by atoms with E-state index in [0.717, 1.165) is 41.0 Å². The van der Waals surface area contributed by atoms with Crippen molar-refractivity contribution >= 4 is 27.0 Å². The summed E-state index contributed by atoms with van der Waals surface area (Å²) in [4.78, 5) is 17.0. The summed E-state index contributed by atoms with van der Waals surface area (Å²) in [6.07, 6.45) is 3.69. The summed E-state index contributed by atoms with van der Waals surface area (Å²) in [5.41, 5.74) is 2.52. The fourth-order valence-corrected chi connectivity index (χ4v) is 5.38. The topological polar surface area (TPSA) is 101 Å². The smallest absolute Gasteiger partial charge is 0.162 e. The number of pyridine rings is 2. The van der Waals surface area contributed by atoms with Gasteiger partial charge in [0.1, 0.15) is 16.2 Å². The van der Waals surface area contributed by atoms with Crippen molar-refractivity contribution in [2.45, 2.75) is 45.1 Å². The molecule has 1 aromatic carbocycles. The zero-order chi connectivity index (χ0) is 25.2. The number of aromatic amines is 1. The average molecular weight is 548 g/mol. The molecule has 0 radical (unpaired) electrons. The molecule has 9 heteroatoms. The number of hydrogen-bond donors (Lipinski definition) is 2. The summed E-state index contributed by atoms with van der Waals surface area (Å²) < 4.78 is 21.6. The second-order valence-corrected chi connectivity index (χ2v) is 10.1. The Balaban J connectivity index is 1.74. The monoisotopic (exact) mass is 547 g/mol. The van der Waals surface area contributed by atoms with Gasteiger partial charge in [0.2, 0.25) is 0 Å². The Morgan fingerprint density at radius 1 is 1.08 bits per heavy atom. The van der Waals surface area contributed by atoms with Gasteiger partial charge in [0.15, 0.2) is 11.4 Å². The Bertz CT molecular complexity index is 1610. The highest BCUT2D eigenvalue weighted by atomic mass is 79.9. The van der Waals surface area contributed by atoms with Gasteiger partial charge in [-0.2, -0.15) is 0 Å². The SMILES string of the molecule is Cc1nc(Br)cc(C(O)(c2ccccn2)c2cc(-c3c(C)noc3C)cc3[nH]c(C4CC4)nc23)c1F. The Morgan fingerprint density at radius 2 is 1.89 bits per heavy atom. The lowest BCUT2D eigenvalue weighted by Gasteiger charge is -2.30. The summed E-state index contributed by atoms with van der Waals surface area (Å²) in [6.45, 7) is 5.28. The fourth-order valence-electron chi connectivity index (χ4n) is 4.88. The van der Waals surface area contributed by atoms with Crippen LogP contribution in [0.25, 0.3) is 22.2 Å². The molecule has 0 saturated heterocycles. The van der Waals surface area contributed by atoms with Gasteiger partial charge in [0.25, 0.3) is 0 Å². The highest BCUT2D eigenvalue weighted by Crippen LogP contribution is 2.45. The maximum absolute atomic E-state index is 15.8. The Kier molecular flexibility index (Phi) is 5.31. The lowest BCUT2D eigenvalue weighted by molar-refractivity contribution is 0.117. The van der Waals surface area contributed by atoms with Gasteiger partial charge < -0.3 is 14.6 Å². The summed E-state index contributed by atoms with van der Waals surface area (Å²) >= 11 is 3.38. The van der Waals surface area contributed by atoms with Crippen LogP contribution in [0.15, 0.2) is 51.7 Å². The van der Waals surface area contributed by atoms with E-state index in [2.05, 4.69) is 36.0 Å². The van der Waals surface area contributed by atoms with E-state index in [1.165, 1.54) is 6.07 Å². The summed E-state index contributed by atoms with van der Waals surface area (Å²) in [7, 11) is 0. The van der Waals surface area contributed by atoms with Gasteiger partial charge in [-0.15, -0.1) is 0 Å². The van der Waals surface area contributed by atoms with Crippen LogP contribution in [0.4, 0.5) is 4.39 Å². The van der Waals surface area contributed by atoms with Gasteiger partial charge in [-0.3, -0.25) is 4.98 Å². The Hall–Kier alpha value is -3.43. The lowest BCUT2D eigenvalue weighted by Crippen LogP contribution is -2.32. The first kappa shape index (κ1) is 23.0. The summed E-state index contributed by atoms with van der Waals surface area (Å²) in [5.74, 6) is 1.25. The number of aliphatic hydroxyl groups is 1. The van der Waals surface area contributed by atoms with Gasteiger partial charge >= 0.3 is 0 Å². The molecule has 7 nitrogen and oxygen atoms in total. The second-order valence-electron chi connectivity index (χ2n) is 9.33. The van der Waals surface area contributed by atoms with Gasteiger partial charge in [-0.05, 0) is 85.4 Å². The number of aromatic nitrogens is 5. The molecule has 2 N–H and O–H groups in total. The van der Waals surface area contributed by atoms with Gasteiger partial charge in [0, 0.05) is 28.8 Å². The maximum Gasteiger partial charge on any atom is 0.162 e. The molecule has 0 bridgehead atoms. The number of aryl methyl sites for hydroxylation is 3. The van der Waals surface area contributed by atoms with E-state index in [-0.39, 0.29) is 17.0 Å². The standard InChI is InChI=1S/C27H23BrFN5O2/c1-13-23(15(3)36-34-13)17-10-19(25-20(11-17)32-26(33-25)16-7-8-16)27(35,21-6-4-5-9-30-21)18-12-22(28)31-14(2)24(18)29/h4-6,9-12,16,35H,7-8H2,1-3H3,(H,32,33). The number of benzene rings is 1. The van der Waals surface area contributed by atoms with Crippen LogP contribution < -0.4 is 0 Å². The zero-order valence-electron chi connectivity index (χ0n) is 19.9. The Morgan fingerprint density at radius 3 is 2.56 bits per heavy atom. The molecule has 0 amide bonds. The number of halogens is 2. The summed E-state index contributed by atoms with van der Waals surface area (Å²) in [5, 5.41) is 16.7. The van der Waals surface area contributed by atoms with Crippen molar-refractivity contribution in [2.24, 2.45) is 0 Å². The number of nitrogens with zero attached hydrogens (tertiary/aromatic N) is 4. The van der Waals surface area contributed by atoms with E-state index < -0.39 is 11.4 Å². The minimum absolute atomic E-state index is 0.0359. The van der Waals surface area contributed by atoms with Crippen LogP contribution in [0.3, 0.4) is 0 Å². The van der Waals surface area contributed by atoms with Crippen LogP contribution in [-0.4, -0.2) is 30.2 Å². The molecule has 6 rings (SSSR count). The van der Waals surface area contributed by atoms with Crippen LogP contribution >= 0.6 is 15.9 Å². The van der Waals surface area contributed by atoms with Gasteiger partial charge in [-0.25, -0.2) is 14.4 Å². The van der Waals surface area contributed by atoms with E-state index in [9.17, 15) is 5.11 Å². The first-order valence-electron chi connectivity index (χ1n) is 11.7.